The Morgan fingerprint density at radius 2 is 2.00 bits per heavy atom. The van der Waals surface area contributed by atoms with Gasteiger partial charge in [0.05, 0.1) is 12.1 Å². The van der Waals surface area contributed by atoms with Crippen molar-refractivity contribution < 1.29 is 9.90 Å². The van der Waals surface area contributed by atoms with Crippen molar-refractivity contribution in [1.82, 2.24) is 9.80 Å². The van der Waals surface area contributed by atoms with Crippen molar-refractivity contribution in [2.45, 2.75) is 45.1 Å². The van der Waals surface area contributed by atoms with Crippen molar-refractivity contribution in [3.05, 3.63) is 0 Å². The first-order valence-electron chi connectivity index (χ1n) is 7.19. The largest absolute Gasteiger partial charge is 0.390 e. The number of rotatable bonds is 2. The van der Waals surface area contributed by atoms with E-state index in [9.17, 15) is 9.90 Å². The maximum absolute atomic E-state index is 12.2. The molecule has 2 aliphatic heterocycles. The predicted octanol–water partition coefficient (Wildman–Crippen LogP) is 1.09. The summed E-state index contributed by atoms with van der Waals surface area (Å²) in [7, 11) is 0. The van der Waals surface area contributed by atoms with E-state index in [0.717, 1.165) is 45.4 Å². The molecular weight excluding hydrogens is 228 g/mol. The molecule has 2 rings (SSSR count). The van der Waals surface area contributed by atoms with E-state index in [0.29, 0.717) is 12.5 Å². The molecule has 1 atom stereocenters. The summed E-state index contributed by atoms with van der Waals surface area (Å²) >= 11 is 0. The van der Waals surface area contributed by atoms with Crippen molar-refractivity contribution in [3.63, 3.8) is 0 Å². The Balaban J connectivity index is 1.77. The third-order valence-corrected chi connectivity index (χ3v) is 4.30. The molecule has 0 aromatic heterocycles. The number of aliphatic hydroxyl groups is 1. The molecule has 18 heavy (non-hydrogen) atoms. The normalized spacial score (nSPS) is 29.3. The fourth-order valence-electron chi connectivity index (χ4n) is 2.90. The number of amides is 1. The predicted molar refractivity (Wildman–Crippen MR) is 71.3 cm³/mol. The van der Waals surface area contributed by atoms with Gasteiger partial charge in [-0.1, -0.05) is 6.92 Å². The molecule has 1 N–H and O–H groups in total. The van der Waals surface area contributed by atoms with Crippen LogP contribution in [-0.2, 0) is 4.79 Å². The first kappa shape index (κ1) is 13.8. The van der Waals surface area contributed by atoms with Gasteiger partial charge in [-0.2, -0.15) is 0 Å². The van der Waals surface area contributed by atoms with E-state index in [1.165, 1.54) is 6.42 Å². The minimum absolute atomic E-state index is 0.267. The molecule has 0 bridgehead atoms. The third kappa shape index (κ3) is 3.69. The molecule has 4 nitrogen and oxygen atoms in total. The fraction of sp³-hybridized carbons (Fsp3) is 0.929. The molecule has 2 heterocycles. The van der Waals surface area contributed by atoms with Crippen LogP contribution in [0.3, 0.4) is 0 Å². The highest BCUT2D eigenvalue weighted by molar-refractivity contribution is 5.78. The second-order valence-corrected chi connectivity index (χ2v) is 6.36. The molecule has 0 aromatic rings. The summed E-state index contributed by atoms with van der Waals surface area (Å²) in [6.45, 7) is 8.15. The van der Waals surface area contributed by atoms with E-state index in [2.05, 4.69) is 11.8 Å². The van der Waals surface area contributed by atoms with Gasteiger partial charge >= 0.3 is 0 Å². The van der Waals surface area contributed by atoms with Crippen LogP contribution in [-0.4, -0.2) is 59.1 Å². The van der Waals surface area contributed by atoms with E-state index < -0.39 is 5.60 Å². The Kier molecular flexibility index (Phi) is 4.28. The van der Waals surface area contributed by atoms with E-state index >= 15 is 0 Å². The lowest BCUT2D eigenvalue weighted by Gasteiger charge is -2.37. The van der Waals surface area contributed by atoms with Gasteiger partial charge in [-0.3, -0.25) is 9.69 Å². The number of nitrogens with zero attached hydrogens (tertiary/aromatic N) is 2. The number of carbonyl (C=O) groups excluding carboxylic acids is 1. The first-order valence-corrected chi connectivity index (χ1v) is 7.19. The number of likely N-dealkylation sites (tertiary alicyclic amines) is 2. The summed E-state index contributed by atoms with van der Waals surface area (Å²) in [5, 5.41) is 9.89. The molecular formula is C14H26N2O2. The molecule has 2 saturated heterocycles. The molecule has 0 saturated carbocycles. The molecule has 0 aliphatic carbocycles. The lowest BCUT2D eigenvalue weighted by Crippen LogP contribution is -2.48. The van der Waals surface area contributed by atoms with Crippen molar-refractivity contribution >= 4 is 5.91 Å². The Morgan fingerprint density at radius 1 is 1.33 bits per heavy atom. The molecule has 2 fully saturated rings. The molecule has 2 aliphatic rings. The van der Waals surface area contributed by atoms with Crippen LogP contribution >= 0.6 is 0 Å². The van der Waals surface area contributed by atoms with E-state index in [4.69, 9.17) is 0 Å². The van der Waals surface area contributed by atoms with Crippen LogP contribution < -0.4 is 0 Å². The molecule has 4 heteroatoms. The van der Waals surface area contributed by atoms with Gasteiger partial charge in [-0.25, -0.2) is 0 Å². The Bertz CT molecular complexity index is 294. The van der Waals surface area contributed by atoms with E-state index in [1.807, 2.05) is 11.8 Å². The van der Waals surface area contributed by atoms with Crippen molar-refractivity contribution in [3.8, 4) is 0 Å². The van der Waals surface area contributed by atoms with Gasteiger partial charge in [0.1, 0.15) is 0 Å². The van der Waals surface area contributed by atoms with Crippen LogP contribution in [0.5, 0.6) is 0 Å². The monoisotopic (exact) mass is 254 g/mol. The van der Waals surface area contributed by atoms with Crippen molar-refractivity contribution in [1.29, 1.82) is 0 Å². The quantitative estimate of drug-likeness (QED) is 0.802. The van der Waals surface area contributed by atoms with E-state index in [-0.39, 0.29) is 5.91 Å². The first-order chi connectivity index (χ1) is 8.46. The zero-order valence-corrected chi connectivity index (χ0v) is 11.7. The average Bonchev–Trinajstić information content (AvgIpc) is 2.32. The lowest BCUT2D eigenvalue weighted by atomic mass is 9.94. The zero-order valence-electron chi connectivity index (χ0n) is 11.7. The van der Waals surface area contributed by atoms with Gasteiger partial charge in [0.2, 0.25) is 5.91 Å². The van der Waals surface area contributed by atoms with Crippen LogP contribution in [0.1, 0.15) is 39.5 Å². The summed E-state index contributed by atoms with van der Waals surface area (Å²) in [5.74, 6) is 0.910. The summed E-state index contributed by atoms with van der Waals surface area (Å²) in [6.07, 6.45) is 3.94. The molecule has 104 valence electrons. The molecule has 0 aromatic carbocycles. The highest BCUT2D eigenvalue weighted by Gasteiger charge is 2.29. The van der Waals surface area contributed by atoms with Crippen LogP contribution in [0.15, 0.2) is 0 Å². The third-order valence-electron chi connectivity index (χ3n) is 4.30. The van der Waals surface area contributed by atoms with Gasteiger partial charge < -0.3 is 10.0 Å². The summed E-state index contributed by atoms with van der Waals surface area (Å²) in [5.41, 5.74) is -0.529. The van der Waals surface area contributed by atoms with E-state index in [1.54, 1.807) is 0 Å². The standard InChI is InChI=1S/C14H26N2O2/c1-12-4-3-7-16(10-12)13(17)11-15-8-5-14(2,18)6-9-15/h12,18H,3-11H2,1-2H3. The SMILES string of the molecule is CC1CCCN(C(=O)CN2CCC(C)(O)CC2)C1. The second-order valence-electron chi connectivity index (χ2n) is 6.36. The number of hydrogen-bond donors (Lipinski definition) is 1. The van der Waals surface area contributed by atoms with Gasteiger partial charge in [0.25, 0.3) is 0 Å². The Morgan fingerprint density at radius 3 is 2.61 bits per heavy atom. The van der Waals surface area contributed by atoms with Gasteiger partial charge in [-0.15, -0.1) is 0 Å². The smallest absolute Gasteiger partial charge is 0.236 e. The Hall–Kier alpha value is -0.610. The topological polar surface area (TPSA) is 43.8 Å². The maximum atomic E-state index is 12.2. The second kappa shape index (κ2) is 5.57. The lowest BCUT2D eigenvalue weighted by molar-refractivity contribution is -0.135. The maximum Gasteiger partial charge on any atom is 0.236 e. The van der Waals surface area contributed by atoms with Crippen LogP contribution in [0.25, 0.3) is 0 Å². The minimum atomic E-state index is -0.529. The number of piperidine rings is 2. The molecule has 0 spiro atoms. The minimum Gasteiger partial charge on any atom is -0.390 e. The molecule has 0 radical (unpaired) electrons. The zero-order chi connectivity index (χ0) is 13.2. The highest BCUT2D eigenvalue weighted by atomic mass is 16.3. The average molecular weight is 254 g/mol. The summed E-state index contributed by atoms with van der Waals surface area (Å²) < 4.78 is 0. The fourth-order valence-corrected chi connectivity index (χ4v) is 2.90. The highest BCUT2D eigenvalue weighted by Crippen LogP contribution is 2.21. The van der Waals surface area contributed by atoms with Gasteiger partial charge in [-0.05, 0) is 38.5 Å². The van der Waals surface area contributed by atoms with Crippen LogP contribution in [0.4, 0.5) is 0 Å². The van der Waals surface area contributed by atoms with Crippen molar-refractivity contribution in [2.75, 3.05) is 32.7 Å². The molecule has 1 unspecified atom stereocenters. The summed E-state index contributed by atoms with van der Waals surface area (Å²) in [4.78, 5) is 16.4. The summed E-state index contributed by atoms with van der Waals surface area (Å²) in [6, 6.07) is 0. The number of carbonyl (C=O) groups is 1. The van der Waals surface area contributed by atoms with Crippen molar-refractivity contribution in [2.24, 2.45) is 5.92 Å². The van der Waals surface area contributed by atoms with Crippen LogP contribution in [0.2, 0.25) is 0 Å². The number of hydrogen-bond acceptors (Lipinski definition) is 3. The van der Waals surface area contributed by atoms with Crippen LogP contribution in [0, 0.1) is 5.92 Å². The van der Waals surface area contributed by atoms with Gasteiger partial charge in [0.15, 0.2) is 0 Å². The molecule has 1 amide bonds. The van der Waals surface area contributed by atoms with Gasteiger partial charge in [0, 0.05) is 26.2 Å². The Labute approximate surface area is 110 Å².